The van der Waals surface area contributed by atoms with Gasteiger partial charge in [-0.25, -0.2) is 44.7 Å². The standard InChI is InChI=1S/C16H18N6O2.2C6F4I2/c23-15-17-7-11-3-1-4-12(21-11)8-18-16(24)20-10-14-6-2-5-13(22-14)9-19-15;2*7-1-2(8)4(10)6(12)5(11)3(1)9/h1-6H,7-10H2,(H2,17,19,23)(H2,18,20,24);;. The minimum absolute atomic E-state index is 0.246. The lowest BCUT2D eigenvalue weighted by molar-refractivity contribution is 0.239. The molecule has 0 radical (unpaired) electrons. The number of carbonyl (C=O) groups excluding carboxylic acids is 2. The number of nitrogens with zero attached hydrogens (tertiary/aromatic N) is 2. The largest absolute Gasteiger partial charge is 0.333 e. The molecule has 20 heteroatoms. The highest BCUT2D eigenvalue weighted by atomic mass is 127. The number of carbonyl (C=O) groups is 2. The minimum Gasteiger partial charge on any atom is -0.333 e. The molecule has 8 nitrogen and oxygen atoms in total. The van der Waals surface area contributed by atoms with Crippen molar-refractivity contribution in [2.24, 2.45) is 0 Å². The van der Waals surface area contributed by atoms with E-state index in [1.165, 1.54) is 90.4 Å². The van der Waals surface area contributed by atoms with Crippen LogP contribution in [0.2, 0.25) is 0 Å². The molecule has 2 aromatic heterocycles. The summed E-state index contributed by atoms with van der Waals surface area (Å²) >= 11 is 5.63. The van der Waals surface area contributed by atoms with Crippen molar-refractivity contribution in [3.63, 3.8) is 0 Å². The first kappa shape index (κ1) is 40.1. The Hall–Kier alpha value is -2.36. The SMILES string of the molecule is Fc1c(F)c(F)c(I)c(I)c1F.Fc1c(F)c(F)c(I)c(I)c1F.O=C1NCc2cccc(n2)CNC(=O)NCc2cccc(n2)CN1. The summed E-state index contributed by atoms with van der Waals surface area (Å²) in [6.45, 7) is 1.22. The number of urea groups is 2. The Morgan fingerprint density at radius 3 is 0.833 bits per heavy atom. The zero-order chi connectivity index (χ0) is 35.7. The van der Waals surface area contributed by atoms with Crippen molar-refractivity contribution >= 4 is 102 Å². The second-order valence-electron chi connectivity index (χ2n) is 9.08. The van der Waals surface area contributed by atoms with Crippen LogP contribution in [-0.4, -0.2) is 22.0 Å². The van der Waals surface area contributed by atoms with E-state index in [-0.39, 0.29) is 26.3 Å². The first-order valence-corrected chi connectivity index (χ1v) is 17.2. The molecule has 3 heterocycles. The minimum atomic E-state index is -1.77. The van der Waals surface area contributed by atoms with Gasteiger partial charge in [-0.1, -0.05) is 12.1 Å². The maximum Gasteiger partial charge on any atom is 0.315 e. The van der Waals surface area contributed by atoms with Crippen LogP contribution >= 0.6 is 90.4 Å². The van der Waals surface area contributed by atoms with Gasteiger partial charge in [0.2, 0.25) is 0 Å². The molecular weight excluding hydrogens is 1110 g/mol. The Morgan fingerprint density at radius 2 is 0.625 bits per heavy atom. The van der Waals surface area contributed by atoms with Crippen LogP contribution < -0.4 is 21.3 Å². The van der Waals surface area contributed by atoms with E-state index in [4.69, 9.17) is 0 Å². The van der Waals surface area contributed by atoms with Gasteiger partial charge in [0.05, 0.1) is 63.2 Å². The summed E-state index contributed by atoms with van der Waals surface area (Å²) < 4.78 is 99.3. The Morgan fingerprint density at radius 1 is 0.417 bits per heavy atom. The fraction of sp³-hybridized carbons (Fsp3) is 0.143. The van der Waals surface area contributed by atoms with Crippen molar-refractivity contribution in [3.8, 4) is 0 Å². The van der Waals surface area contributed by atoms with Gasteiger partial charge in [0, 0.05) is 0 Å². The van der Waals surface area contributed by atoms with Gasteiger partial charge in [-0.15, -0.1) is 0 Å². The maximum absolute atomic E-state index is 12.6. The molecule has 4 amide bonds. The predicted molar refractivity (Wildman–Crippen MR) is 190 cm³/mol. The van der Waals surface area contributed by atoms with Crippen molar-refractivity contribution in [2.45, 2.75) is 26.2 Å². The molecule has 0 atom stereocenters. The third-order valence-corrected chi connectivity index (χ3v) is 11.9. The molecule has 0 spiro atoms. The Bertz CT molecular complexity index is 1450. The van der Waals surface area contributed by atoms with Crippen molar-refractivity contribution in [1.82, 2.24) is 31.2 Å². The van der Waals surface area contributed by atoms with Gasteiger partial charge in [0.1, 0.15) is 0 Å². The maximum atomic E-state index is 12.6. The molecule has 1 aliphatic heterocycles. The molecule has 0 unspecified atom stereocenters. The Kier molecular flexibility index (Phi) is 15.5. The number of fused-ring (bicyclic) bond motifs is 4. The number of nitrogens with one attached hydrogen (secondary N) is 4. The third kappa shape index (κ3) is 10.8. The zero-order valence-corrected chi connectivity index (χ0v) is 32.2. The highest BCUT2D eigenvalue weighted by Gasteiger charge is 2.23. The third-order valence-electron chi connectivity index (χ3n) is 5.76. The molecule has 4 aromatic rings. The van der Waals surface area contributed by atoms with Crippen molar-refractivity contribution < 1.29 is 44.7 Å². The van der Waals surface area contributed by atoms with Crippen LogP contribution in [0.4, 0.5) is 44.7 Å². The summed E-state index contributed by atoms with van der Waals surface area (Å²) in [5, 5.41) is 11.0. The Labute approximate surface area is 321 Å². The molecule has 256 valence electrons. The topological polar surface area (TPSA) is 108 Å². The van der Waals surface area contributed by atoms with Crippen LogP contribution in [0.15, 0.2) is 36.4 Å². The van der Waals surface area contributed by atoms with Crippen LogP contribution in [0.3, 0.4) is 0 Å². The number of benzene rings is 2. The summed E-state index contributed by atoms with van der Waals surface area (Å²) in [5.41, 5.74) is 2.88. The lowest BCUT2D eigenvalue weighted by Crippen LogP contribution is -2.36. The quantitative estimate of drug-likeness (QED) is 0.0628. The van der Waals surface area contributed by atoms with E-state index < -0.39 is 46.5 Å². The second kappa shape index (κ2) is 18.6. The lowest BCUT2D eigenvalue weighted by atomic mass is 10.3. The Balaban J connectivity index is 0.000000219. The van der Waals surface area contributed by atoms with Gasteiger partial charge in [0.25, 0.3) is 0 Å². The summed E-state index contributed by atoms with van der Waals surface area (Å²) in [4.78, 5) is 32.5. The fourth-order valence-corrected chi connectivity index (χ4v) is 5.31. The van der Waals surface area contributed by atoms with E-state index in [2.05, 4.69) is 31.2 Å². The first-order valence-electron chi connectivity index (χ1n) is 12.9. The van der Waals surface area contributed by atoms with E-state index >= 15 is 0 Å². The van der Waals surface area contributed by atoms with E-state index in [9.17, 15) is 44.7 Å². The van der Waals surface area contributed by atoms with Gasteiger partial charge in [-0.3, -0.25) is 9.97 Å². The van der Waals surface area contributed by atoms with Crippen molar-refractivity contribution in [3.05, 3.63) is 120 Å². The highest BCUT2D eigenvalue weighted by Crippen LogP contribution is 2.27. The predicted octanol–water partition coefficient (Wildman–Crippen LogP) is 7.69. The van der Waals surface area contributed by atoms with Gasteiger partial charge in [-0.2, -0.15) is 0 Å². The van der Waals surface area contributed by atoms with Gasteiger partial charge in [-0.05, 0) is 115 Å². The molecule has 0 aliphatic carbocycles. The van der Waals surface area contributed by atoms with E-state index in [0.29, 0.717) is 26.2 Å². The molecule has 5 rings (SSSR count). The molecule has 4 N–H and O–H groups in total. The van der Waals surface area contributed by atoms with E-state index in [1.54, 1.807) is 0 Å². The number of hydrogen-bond donors (Lipinski definition) is 4. The number of halogens is 12. The average molecular weight is 1130 g/mol. The summed E-state index contributed by atoms with van der Waals surface area (Å²) in [6, 6.07) is 10.4. The molecule has 0 saturated heterocycles. The lowest BCUT2D eigenvalue weighted by Gasteiger charge is -2.11. The van der Waals surface area contributed by atoms with Crippen LogP contribution in [0.25, 0.3) is 0 Å². The number of amides is 4. The van der Waals surface area contributed by atoms with Gasteiger partial charge in [0.15, 0.2) is 46.5 Å². The van der Waals surface area contributed by atoms with E-state index in [1.807, 2.05) is 36.4 Å². The highest BCUT2D eigenvalue weighted by molar-refractivity contribution is 14.1. The van der Waals surface area contributed by atoms with Gasteiger partial charge >= 0.3 is 12.1 Å². The number of rotatable bonds is 0. The fourth-order valence-electron chi connectivity index (χ4n) is 3.42. The molecule has 4 bridgehead atoms. The molecule has 2 aromatic carbocycles. The summed E-state index contributed by atoms with van der Waals surface area (Å²) in [5.74, 6) is -12.5. The first-order chi connectivity index (χ1) is 22.6. The smallest absolute Gasteiger partial charge is 0.315 e. The monoisotopic (exact) mass is 1130 g/mol. The van der Waals surface area contributed by atoms with Crippen molar-refractivity contribution in [2.75, 3.05) is 0 Å². The second-order valence-corrected chi connectivity index (χ2v) is 13.4. The zero-order valence-electron chi connectivity index (χ0n) is 23.5. The summed E-state index contributed by atoms with van der Waals surface area (Å²) in [6.07, 6.45) is 0. The summed E-state index contributed by atoms with van der Waals surface area (Å²) in [7, 11) is 0. The van der Waals surface area contributed by atoms with Crippen LogP contribution in [0.5, 0.6) is 0 Å². The average Bonchev–Trinajstić information content (AvgIpc) is 3.10. The molecular formula is C28H18F8I4N6O2. The molecule has 0 fully saturated rings. The van der Waals surface area contributed by atoms with Crippen LogP contribution in [-0.2, 0) is 26.2 Å². The number of aromatic nitrogens is 2. The molecule has 1 aliphatic rings. The normalized spacial score (nSPS) is 13.0. The molecule has 48 heavy (non-hydrogen) atoms. The van der Waals surface area contributed by atoms with Crippen LogP contribution in [0, 0.1) is 60.8 Å². The molecule has 0 saturated carbocycles. The van der Waals surface area contributed by atoms with Crippen LogP contribution in [0.1, 0.15) is 22.8 Å². The van der Waals surface area contributed by atoms with E-state index in [0.717, 1.165) is 22.8 Å². The number of hydrogen-bond acceptors (Lipinski definition) is 4. The van der Waals surface area contributed by atoms with Crippen molar-refractivity contribution in [1.29, 1.82) is 0 Å². The van der Waals surface area contributed by atoms with Gasteiger partial charge < -0.3 is 21.3 Å². The number of pyridine rings is 2.